The van der Waals surface area contributed by atoms with Gasteiger partial charge in [0.15, 0.2) is 0 Å². The Kier molecular flexibility index (Phi) is 3.98. The third kappa shape index (κ3) is 3.24. The third-order valence-corrected chi connectivity index (χ3v) is 2.76. The number of nitrogens with zero attached hydrogens (tertiary/aromatic N) is 2. The van der Waals surface area contributed by atoms with Crippen molar-refractivity contribution in [3.8, 4) is 11.3 Å². The van der Waals surface area contributed by atoms with Crippen LogP contribution in [0.3, 0.4) is 0 Å². The van der Waals surface area contributed by atoms with E-state index < -0.39 is 11.0 Å². The van der Waals surface area contributed by atoms with Crippen LogP contribution in [0, 0.1) is 17.0 Å². The molecule has 1 aromatic carbocycles. The highest BCUT2D eigenvalue weighted by Crippen LogP contribution is 2.30. The summed E-state index contributed by atoms with van der Waals surface area (Å²) in [6, 6.07) is 7.25. The Hall–Kier alpha value is -3.16. The zero-order chi connectivity index (χ0) is 15.4. The van der Waals surface area contributed by atoms with Gasteiger partial charge in [-0.1, -0.05) is 12.1 Å². The molecule has 8 heteroatoms. The number of hydrogen-bond acceptors (Lipinski definition) is 5. The molecule has 0 aliphatic rings. The van der Waals surface area contributed by atoms with Gasteiger partial charge in [0.05, 0.1) is 11.1 Å². The number of furan rings is 1. The molecule has 2 rings (SSSR count). The number of primary amides is 1. The largest absolute Gasteiger partial charge is 0.455 e. The molecule has 0 bridgehead atoms. The fourth-order valence-corrected chi connectivity index (χ4v) is 1.81. The van der Waals surface area contributed by atoms with Gasteiger partial charge in [-0.3, -0.25) is 10.1 Å². The summed E-state index contributed by atoms with van der Waals surface area (Å²) in [5.74, 6) is 0.849. The summed E-state index contributed by atoms with van der Waals surface area (Å²) in [5.41, 5.74) is 8.05. The van der Waals surface area contributed by atoms with Crippen molar-refractivity contribution in [3.63, 3.8) is 0 Å². The molecule has 3 N–H and O–H groups in total. The maximum atomic E-state index is 10.9. The predicted octanol–water partition coefficient (Wildman–Crippen LogP) is 2.17. The van der Waals surface area contributed by atoms with Gasteiger partial charge in [0.25, 0.3) is 5.69 Å². The van der Waals surface area contributed by atoms with E-state index in [-0.39, 0.29) is 5.69 Å². The van der Waals surface area contributed by atoms with Crippen LogP contribution in [-0.2, 0) is 0 Å². The number of hydrazone groups is 1. The second-order valence-electron chi connectivity index (χ2n) is 4.14. The molecule has 21 heavy (non-hydrogen) atoms. The van der Waals surface area contributed by atoms with Gasteiger partial charge in [-0.05, 0) is 19.1 Å². The van der Waals surface area contributed by atoms with Crippen molar-refractivity contribution in [2.24, 2.45) is 10.8 Å². The quantitative estimate of drug-likeness (QED) is 0.508. The topological polar surface area (TPSA) is 124 Å². The van der Waals surface area contributed by atoms with Crippen LogP contribution in [0.4, 0.5) is 10.5 Å². The summed E-state index contributed by atoms with van der Waals surface area (Å²) in [6.07, 6.45) is 1.28. The van der Waals surface area contributed by atoms with Crippen molar-refractivity contribution in [1.29, 1.82) is 0 Å². The number of nitrogens with one attached hydrogen (secondary N) is 1. The molecule has 0 saturated carbocycles. The second-order valence-corrected chi connectivity index (χ2v) is 4.14. The minimum atomic E-state index is -0.785. The van der Waals surface area contributed by atoms with E-state index in [4.69, 9.17) is 10.2 Å². The van der Waals surface area contributed by atoms with Crippen LogP contribution < -0.4 is 11.2 Å². The Morgan fingerprint density at radius 2 is 2.19 bits per heavy atom. The van der Waals surface area contributed by atoms with Crippen LogP contribution in [0.2, 0.25) is 0 Å². The van der Waals surface area contributed by atoms with Gasteiger partial charge in [0, 0.05) is 17.2 Å². The molecule has 108 valence electrons. The van der Waals surface area contributed by atoms with Crippen molar-refractivity contribution in [2.75, 3.05) is 0 Å². The van der Waals surface area contributed by atoms with Gasteiger partial charge < -0.3 is 10.2 Å². The summed E-state index contributed by atoms with van der Waals surface area (Å²) in [4.78, 5) is 20.9. The number of benzene rings is 1. The molecule has 2 aromatic rings. The molecular weight excluding hydrogens is 276 g/mol. The lowest BCUT2D eigenvalue weighted by molar-refractivity contribution is -0.385. The predicted molar refractivity (Wildman–Crippen MR) is 75.8 cm³/mol. The van der Waals surface area contributed by atoms with Crippen molar-refractivity contribution >= 4 is 17.9 Å². The van der Waals surface area contributed by atoms with E-state index in [2.05, 4.69) is 5.10 Å². The van der Waals surface area contributed by atoms with E-state index in [0.29, 0.717) is 22.6 Å². The molecule has 1 aromatic heterocycles. The van der Waals surface area contributed by atoms with Gasteiger partial charge in [-0.25, -0.2) is 10.2 Å². The van der Waals surface area contributed by atoms with Crippen molar-refractivity contribution in [2.45, 2.75) is 6.92 Å². The number of nitro benzene ring substituents is 1. The monoisotopic (exact) mass is 288 g/mol. The van der Waals surface area contributed by atoms with Crippen LogP contribution in [0.25, 0.3) is 11.3 Å². The molecule has 0 aliphatic heterocycles. The maximum absolute atomic E-state index is 10.9. The normalized spacial score (nSPS) is 10.7. The first kappa shape index (κ1) is 14.3. The fourth-order valence-electron chi connectivity index (χ4n) is 1.81. The number of amides is 2. The molecule has 0 aliphatic carbocycles. The van der Waals surface area contributed by atoms with Crippen LogP contribution in [-0.4, -0.2) is 17.2 Å². The highest BCUT2D eigenvalue weighted by molar-refractivity contribution is 5.80. The minimum Gasteiger partial charge on any atom is -0.455 e. The van der Waals surface area contributed by atoms with Crippen LogP contribution in [0.5, 0.6) is 0 Å². The van der Waals surface area contributed by atoms with Crippen molar-refractivity contribution in [1.82, 2.24) is 5.43 Å². The molecule has 2 amide bonds. The highest BCUT2D eigenvalue weighted by atomic mass is 16.6. The first-order chi connectivity index (χ1) is 9.99. The average Bonchev–Trinajstić information content (AvgIpc) is 2.86. The Labute approximate surface area is 119 Å². The highest BCUT2D eigenvalue weighted by Gasteiger charge is 2.16. The van der Waals surface area contributed by atoms with E-state index in [1.54, 1.807) is 31.2 Å². The van der Waals surface area contributed by atoms with E-state index in [1.165, 1.54) is 12.3 Å². The fraction of sp³-hybridized carbons (Fsp3) is 0.0769. The Bertz CT molecular complexity index is 721. The molecule has 8 nitrogen and oxygen atoms in total. The summed E-state index contributed by atoms with van der Waals surface area (Å²) in [6.45, 7) is 1.65. The Morgan fingerprint density at radius 3 is 2.86 bits per heavy atom. The zero-order valence-electron chi connectivity index (χ0n) is 11.1. The minimum absolute atomic E-state index is 0.0227. The van der Waals surface area contributed by atoms with Crippen LogP contribution >= 0.6 is 0 Å². The molecule has 0 radical (unpaired) electrons. The standard InChI is InChI=1S/C13H12N4O4/c1-8-10(3-2-4-11(8)17(19)20)12-6-5-9(21-12)7-15-16-13(14)18/h2-7H,1H3,(H3,14,16,18)/b15-7-. The molecule has 0 spiro atoms. The van der Waals surface area contributed by atoms with E-state index >= 15 is 0 Å². The maximum Gasteiger partial charge on any atom is 0.332 e. The smallest absolute Gasteiger partial charge is 0.332 e. The van der Waals surface area contributed by atoms with E-state index in [9.17, 15) is 14.9 Å². The molecule has 0 atom stereocenters. The number of hydrogen-bond donors (Lipinski definition) is 2. The van der Waals surface area contributed by atoms with Crippen molar-refractivity contribution in [3.05, 3.63) is 51.8 Å². The van der Waals surface area contributed by atoms with Gasteiger partial charge in [0.1, 0.15) is 11.5 Å². The SMILES string of the molecule is Cc1c(-c2ccc(/C=N\NC(N)=O)o2)cccc1[N+](=O)[O-]. The number of carbonyl (C=O) groups is 1. The van der Waals surface area contributed by atoms with Gasteiger partial charge in [-0.2, -0.15) is 5.10 Å². The Morgan fingerprint density at radius 1 is 1.43 bits per heavy atom. The second kappa shape index (κ2) is 5.87. The lowest BCUT2D eigenvalue weighted by Crippen LogP contribution is -2.24. The lowest BCUT2D eigenvalue weighted by Gasteiger charge is -2.02. The zero-order valence-corrected chi connectivity index (χ0v) is 11.1. The molecule has 0 fully saturated rings. The molecule has 1 heterocycles. The lowest BCUT2D eigenvalue weighted by atomic mass is 10.1. The van der Waals surface area contributed by atoms with Gasteiger partial charge in [0.2, 0.25) is 0 Å². The number of rotatable bonds is 4. The summed E-state index contributed by atoms with van der Waals surface area (Å²) in [7, 11) is 0. The molecular formula is C13H12N4O4. The summed E-state index contributed by atoms with van der Waals surface area (Å²) in [5, 5.41) is 14.5. The number of nitro groups is 1. The average molecular weight is 288 g/mol. The Balaban J connectivity index is 2.30. The first-order valence-electron chi connectivity index (χ1n) is 5.91. The number of nitrogens with two attached hydrogens (primary N) is 1. The van der Waals surface area contributed by atoms with Crippen LogP contribution in [0.1, 0.15) is 11.3 Å². The molecule has 0 unspecified atom stereocenters. The third-order valence-electron chi connectivity index (χ3n) is 2.76. The van der Waals surface area contributed by atoms with E-state index in [1.807, 2.05) is 5.43 Å². The van der Waals surface area contributed by atoms with Gasteiger partial charge >= 0.3 is 6.03 Å². The van der Waals surface area contributed by atoms with Gasteiger partial charge in [-0.15, -0.1) is 0 Å². The van der Waals surface area contributed by atoms with Crippen molar-refractivity contribution < 1.29 is 14.1 Å². The number of urea groups is 1. The van der Waals surface area contributed by atoms with E-state index in [0.717, 1.165) is 0 Å². The van der Waals surface area contributed by atoms with Crippen LogP contribution in [0.15, 0.2) is 39.9 Å². The molecule has 0 saturated heterocycles. The summed E-state index contributed by atoms with van der Waals surface area (Å²) < 4.78 is 5.50. The first-order valence-corrected chi connectivity index (χ1v) is 5.91. The number of carbonyl (C=O) groups excluding carboxylic acids is 1. The summed E-state index contributed by atoms with van der Waals surface area (Å²) >= 11 is 0.